The van der Waals surface area contributed by atoms with E-state index in [0.717, 1.165) is 11.1 Å². The van der Waals surface area contributed by atoms with Gasteiger partial charge in [0.05, 0.1) is 37.1 Å². The fourth-order valence-electron chi connectivity index (χ4n) is 4.30. The zero-order valence-electron chi connectivity index (χ0n) is 18.7. The topological polar surface area (TPSA) is 121 Å². The van der Waals surface area contributed by atoms with E-state index >= 15 is 0 Å². The standard InChI is InChI=1S/C24H32N2O6/c1-13(10-20-25-24(32-26-20)16-7-5-4-6-8-16)9-18-22(29)21(28)17(12-30-18)11-19-23(31-19)14(2)15(3)27/h4-8,10,14-15,17-19,21-23,27-29H,9,11-12H2,1-3H3/b13-10-/t14-,15-,17-,18-,19-,21+,22-,23-/m0/s1. The molecule has 0 bridgehead atoms. The Morgan fingerprint density at radius 3 is 2.62 bits per heavy atom. The molecule has 2 aliphatic rings. The molecule has 0 spiro atoms. The van der Waals surface area contributed by atoms with E-state index in [1.807, 2.05) is 44.2 Å². The summed E-state index contributed by atoms with van der Waals surface area (Å²) in [4.78, 5) is 4.39. The Labute approximate surface area is 187 Å². The van der Waals surface area contributed by atoms with Gasteiger partial charge in [0.1, 0.15) is 6.10 Å². The lowest BCUT2D eigenvalue weighted by Gasteiger charge is -2.38. The molecule has 1 aromatic heterocycles. The summed E-state index contributed by atoms with van der Waals surface area (Å²) in [5.41, 5.74) is 1.76. The third-order valence-electron chi connectivity index (χ3n) is 6.54. The molecule has 0 saturated carbocycles. The lowest BCUT2D eigenvalue weighted by molar-refractivity contribution is -0.165. The summed E-state index contributed by atoms with van der Waals surface area (Å²) in [6.07, 6.45) is 0.00874. The van der Waals surface area contributed by atoms with Gasteiger partial charge in [0, 0.05) is 17.4 Å². The Balaban J connectivity index is 1.30. The Morgan fingerprint density at radius 1 is 1.16 bits per heavy atom. The number of aliphatic hydroxyl groups is 3. The van der Waals surface area contributed by atoms with Gasteiger partial charge in [-0.05, 0) is 44.9 Å². The number of rotatable bonds is 8. The summed E-state index contributed by atoms with van der Waals surface area (Å²) in [5, 5.41) is 35.0. The van der Waals surface area contributed by atoms with Crippen molar-refractivity contribution in [2.45, 2.75) is 70.2 Å². The molecule has 8 nitrogen and oxygen atoms in total. The third-order valence-corrected chi connectivity index (χ3v) is 6.54. The van der Waals surface area contributed by atoms with Crippen LogP contribution >= 0.6 is 0 Å². The molecule has 2 aromatic rings. The number of nitrogens with zero attached hydrogens (tertiary/aromatic N) is 2. The van der Waals surface area contributed by atoms with Gasteiger partial charge in [-0.15, -0.1) is 0 Å². The minimum Gasteiger partial charge on any atom is -0.393 e. The van der Waals surface area contributed by atoms with Gasteiger partial charge >= 0.3 is 0 Å². The van der Waals surface area contributed by atoms with Crippen LogP contribution in [0.4, 0.5) is 0 Å². The SMILES string of the molecule is C/C(=C/c1noc(-c2ccccc2)n1)C[C@@H]1OC[C@H](C[C@@H]2O[C@H]2[C@@H](C)[C@H](C)O)[C@@H](O)[C@H]1O. The van der Waals surface area contributed by atoms with Gasteiger partial charge in [0.2, 0.25) is 0 Å². The van der Waals surface area contributed by atoms with Crippen LogP contribution in [-0.2, 0) is 9.47 Å². The van der Waals surface area contributed by atoms with Crippen LogP contribution in [-0.4, -0.2) is 68.7 Å². The highest BCUT2D eigenvalue weighted by Crippen LogP contribution is 2.38. The molecule has 0 radical (unpaired) electrons. The van der Waals surface area contributed by atoms with Crippen LogP contribution < -0.4 is 0 Å². The lowest BCUT2D eigenvalue weighted by Crippen LogP contribution is -2.50. The molecule has 0 amide bonds. The maximum Gasteiger partial charge on any atom is 0.258 e. The van der Waals surface area contributed by atoms with Gasteiger partial charge in [-0.2, -0.15) is 4.98 Å². The molecular weight excluding hydrogens is 412 g/mol. The molecule has 3 heterocycles. The van der Waals surface area contributed by atoms with Gasteiger partial charge in [0.25, 0.3) is 5.89 Å². The van der Waals surface area contributed by atoms with Crippen LogP contribution in [0.15, 0.2) is 40.4 Å². The van der Waals surface area contributed by atoms with Gasteiger partial charge in [0.15, 0.2) is 5.82 Å². The van der Waals surface area contributed by atoms with Gasteiger partial charge in [-0.1, -0.05) is 35.9 Å². The second kappa shape index (κ2) is 9.80. The van der Waals surface area contributed by atoms with Crippen molar-refractivity contribution < 1.29 is 29.3 Å². The summed E-state index contributed by atoms with van der Waals surface area (Å²) in [7, 11) is 0. The molecule has 2 saturated heterocycles. The summed E-state index contributed by atoms with van der Waals surface area (Å²) < 4.78 is 16.9. The monoisotopic (exact) mass is 444 g/mol. The number of benzene rings is 1. The zero-order chi connectivity index (χ0) is 22.8. The van der Waals surface area contributed by atoms with Crippen LogP contribution in [0.5, 0.6) is 0 Å². The van der Waals surface area contributed by atoms with Crippen molar-refractivity contribution in [2.75, 3.05) is 6.61 Å². The highest BCUT2D eigenvalue weighted by atomic mass is 16.6. The fourth-order valence-corrected chi connectivity index (χ4v) is 4.30. The average Bonchev–Trinajstić information content (AvgIpc) is 3.39. The van der Waals surface area contributed by atoms with E-state index in [1.165, 1.54) is 0 Å². The van der Waals surface area contributed by atoms with Crippen molar-refractivity contribution in [1.29, 1.82) is 0 Å². The number of aromatic nitrogens is 2. The zero-order valence-corrected chi connectivity index (χ0v) is 18.7. The van der Waals surface area contributed by atoms with E-state index in [1.54, 1.807) is 13.0 Å². The molecule has 4 rings (SSSR count). The first-order valence-electron chi connectivity index (χ1n) is 11.2. The molecule has 0 unspecified atom stereocenters. The predicted octanol–water partition coefficient (Wildman–Crippen LogP) is 2.44. The summed E-state index contributed by atoms with van der Waals surface area (Å²) >= 11 is 0. The quantitative estimate of drug-likeness (QED) is 0.531. The second-order valence-corrected chi connectivity index (χ2v) is 9.11. The highest BCUT2D eigenvalue weighted by Gasteiger charge is 2.48. The predicted molar refractivity (Wildman–Crippen MR) is 117 cm³/mol. The minimum atomic E-state index is -0.992. The molecule has 3 N–H and O–H groups in total. The Bertz CT molecular complexity index is 914. The average molecular weight is 445 g/mol. The highest BCUT2D eigenvalue weighted by molar-refractivity contribution is 5.54. The number of hydrogen-bond acceptors (Lipinski definition) is 8. The Kier molecular flexibility index (Phi) is 7.07. The van der Waals surface area contributed by atoms with E-state index < -0.39 is 24.4 Å². The van der Waals surface area contributed by atoms with Crippen LogP contribution in [0.25, 0.3) is 17.5 Å². The molecule has 1 aromatic carbocycles. The van der Waals surface area contributed by atoms with E-state index in [4.69, 9.17) is 14.0 Å². The van der Waals surface area contributed by atoms with E-state index in [2.05, 4.69) is 10.1 Å². The number of epoxide rings is 1. The van der Waals surface area contributed by atoms with Crippen LogP contribution in [0.3, 0.4) is 0 Å². The van der Waals surface area contributed by atoms with Gasteiger partial charge < -0.3 is 29.3 Å². The van der Waals surface area contributed by atoms with Crippen molar-refractivity contribution >= 4 is 6.08 Å². The van der Waals surface area contributed by atoms with Crippen molar-refractivity contribution in [2.24, 2.45) is 11.8 Å². The molecule has 2 fully saturated rings. The lowest BCUT2D eigenvalue weighted by atomic mass is 9.85. The molecular formula is C24H32N2O6. The van der Waals surface area contributed by atoms with Crippen molar-refractivity contribution in [3.8, 4) is 11.5 Å². The maximum absolute atomic E-state index is 10.7. The maximum atomic E-state index is 10.7. The molecule has 32 heavy (non-hydrogen) atoms. The van der Waals surface area contributed by atoms with Crippen LogP contribution in [0.1, 0.15) is 39.4 Å². The van der Waals surface area contributed by atoms with E-state index in [9.17, 15) is 15.3 Å². The van der Waals surface area contributed by atoms with Gasteiger partial charge in [-0.3, -0.25) is 0 Å². The Morgan fingerprint density at radius 2 is 1.91 bits per heavy atom. The smallest absolute Gasteiger partial charge is 0.258 e. The first kappa shape index (κ1) is 23.1. The summed E-state index contributed by atoms with van der Waals surface area (Å²) in [6.45, 7) is 5.97. The summed E-state index contributed by atoms with van der Waals surface area (Å²) in [6, 6.07) is 9.54. The van der Waals surface area contributed by atoms with Crippen molar-refractivity contribution in [3.63, 3.8) is 0 Å². The number of ether oxygens (including phenoxy) is 2. The first-order valence-corrected chi connectivity index (χ1v) is 11.2. The van der Waals surface area contributed by atoms with Crippen LogP contribution in [0.2, 0.25) is 0 Å². The van der Waals surface area contributed by atoms with Gasteiger partial charge in [-0.25, -0.2) is 0 Å². The third kappa shape index (κ3) is 5.27. The molecule has 2 aliphatic heterocycles. The molecule has 8 heteroatoms. The van der Waals surface area contributed by atoms with E-state index in [0.29, 0.717) is 31.2 Å². The molecule has 8 atom stereocenters. The van der Waals surface area contributed by atoms with Crippen molar-refractivity contribution in [1.82, 2.24) is 10.1 Å². The van der Waals surface area contributed by atoms with E-state index in [-0.39, 0.29) is 24.0 Å². The van der Waals surface area contributed by atoms with Crippen molar-refractivity contribution in [3.05, 3.63) is 41.7 Å². The first-order chi connectivity index (χ1) is 15.3. The number of hydrogen-bond donors (Lipinski definition) is 3. The fraction of sp³-hybridized carbons (Fsp3) is 0.583. The Hall–Kier alpha value is -2.10. The molecule has 0 aliphatic carbocycles. The normalized spacial score (nSPS) is 32.5. The largest absolute Gasteiger partial charge is 0.393 e. The van der Waals surface area contributed by atoms with Crippen LogP contribution in [0, 0.1) is 11.8 Å². The summed E-state index contributed by atoms with van der Waals surface area (Å²) in [5.74, 6) is 0.739. The minimum absolute atomic E-state index is 0.00187. The number of aliphatic hydroxyl groups excluding tert-OH is 3. The second-order valence-electron chi connectivity index (χ2n) is 9.11. The molecule has 174 valence electrons.